The van der Waals surface area contributed by atoms with Crippen LogP contribution in [0.3, 0.4) is 0 Å². The number of furan rings is 1. The lowest BCUT2D eigenvalue weighted by Gasteiger charge is -2.15. The number of benzene rings is 1. The summed E-state index contributed by atoms with van der Waals surface area (Å²) in [4.78, 5) is 16.7. The van der Waals surface area contributed by atoms with Gasteiger partial charge in [0.2, 0.25) is 0 Å². The number of hydrogen-bond acceptors (Lipinski definition) is 5. The minimum atomic E-state index is -0.238. The molecule has 1 aromatic carbocycles. The topological polar surface area (TPSA) is 73.6 Å². The molecule has 0 aliphatic rings. The lowest BCUT2D eigenvalue weighted by Crippen LogP contribution is -2.26. The molecule has 2 aromatic heterocycles. The van der Waals surface area contributed by atoms with Crippen LogP contribution in [0, 0.1) is 6.92 Å². The average Bonchev–Trinajstić information content (AvgIpc) is 3.14. The zero-order valence-corrected chi connectivity index (χ0v) is 16.3. The average molecular weight is 380 g/mol. The fraction of sp³-hybridized carbons (Fsp3) is 0.273. The minimum Gasteiger partial charge on any atom is -0.490 e. The van der Waals surface area contributed by atoms with Gasteiger partial charge in [0, 0.05) is 23.5 Å². The highest BCUT2D eigenvalue weighted by atomic mass is 16.5. The fourth-order valence-electron chi connectivity index (χ4n) is 2.72. The third-order valence-corrected chi connectivity index (χ3v) is 4.16. The molecule has 28 heavy (non-hydrogen) atoms. The van der Waals surface area contributed by atoms with Gasteiger partial charge in [0.05, 0.1) is 12.6 Å². The van der Waals surface area contributed by atoms with Crippen LogP contribution in [-0.4, -0.2) is 17.5 Å². The first-order valence-electron chi connectivity index (χ1n) is 9.22. The molecule has 1 atom stereocenters. The standard InChI is InChI=1S/C22H24N2O4/c1-4-26-21-12-18(22(25)24-16(3)19-9-7-15(2)28-19)8-10-20(21)27-14-17-6-5-11-23-13-17/h5-13,16H,4,14H2,1-3H3,(H,24,25). The number of amides is 1. The van der Waals surface area contributed by atoms with Crippen LogP contribution >= 0.6 is 0 Å². The largest absolute Gasteiger partial charge is 0.490 e. The summed E-state index contributed by atoms with van der Waals surface area (Å²) in [6.45, 7) is 6.48. The smallest absolute Gasteiger partial charge is 0.252 e. The van der Waals surface area contributed by atoms with Gasteiger partial charge in [0.1, 0.15) is 18.1 Å². The molecule has 3 rings (SSSR count). The summed E-state index contributed by atoms with van der Waals surface area (Å²) in [5, 5.41) is 2.94. The van der Waals surface area contributed by atoms with Crippen molar-refractivity contribution in [3.05, 3.63) is 77.5 Å². The van der Waals surface area contributed by atoms with Gasteiger partial charge in [0.25, 0.3) is 5.91 Å². The van der Waals surface area contributed by atoms with Crippen molar-refractivity contribution in [1.29, 1.82) is 0 Å². The Morgan fingerprint density at radius 3 is 2.71 bits per heavy atom. The summed E-state index contributed by atoms with van der Waals surface area (Å²) < 4.78 is 17.1. The van der Waals surface area contributed by atoms with E-state index in [4.69, 9.17) is 13.9 Å². The van der Waals surface area contributed by atoms with Crippen molar-refractivity contribution in [3.63, 3.8) is 0 Å². The van der Waals surface area contributed by atoms with E-state index in [-0.39, 0.29) is 11.9 Å². The number of carbonyl (C=O) groups excluding carboxylic acids is 1. The third kappa shape index (κ3) is 4.91. The number of aromatic nitrogens is 1. The van der Waals surface area contributed by atoms with Crippen LogP contribution in [0.5, 0.6) is 11.5 Å². The molecule has 6 nitrogen and oxygen atoms in total. The lowest BCUT2D eigenvalue weighted by atomic mass is 10.1. The van der Waals surface area contributed by atoms with Crippen molar-refractivity contribution < 1.29 is 18.7 Å². The summed E-state index contributed by atoms with van der Waals surface area (Å²) in [5.41, 5.74) is 1.45. The zero-order chi connectivity index (χ0) is 19.9. The molecular weight excluding hydrogens is 356 g/mol. The van der Waals surface area contributed by atoms with Gasteiger partial charge in [0.15, 0.2) is 11.5 Å². The van der Waals surface area contributed by atoms with E-state index < -0.39 is 0 Å². The predicted molar refractivity (Wildman–Crippen MR) is 106 cm³/mol. The highest BCUT2D eigenvalue weighted by molar-refractivity contribution is 5.95. The molecule has 0 saturated heterocycles. The quantitative estimate of drug-likeness (QED) is 0.625. The van der Waals surface area contributed by atoms with Crippen molar-refractivity contribution in [3.8, 4) is 11.5 Å². The summed E-state index contributed by atoms with van der Waals surface area (Å²) in [5.74, 6) is 2.43. The maximum Gasteiger partial charge on any atom is 0.252 e. The van der Waals surface area contributed by atoms with Gasteiger partial charge >= 0.3 is 0 Å². The molecule has 1 amide bonds. The summed E-state index contributed by atoms with van der Waals surface area (Å²) in [6.07, 6.45) is 3.47. The molecule has 0 aliphatic carbocycles. The Hall–Kier alpha value is -3.28. The van der Waals surface area contributed by atoms with E-state index in [0.717, 1.165) is 11.3 Å². The van der Waals surface area contributed by atoms with Crippen LogP contribution in [0.1, 0.15) is 47.3 Å². The molecule has 0 saturated carbocycles. The highest BCUT2D eigenvalue weighted by Crippen LogP contribution is 2.29. The molecule has 3 aromatic rings. The van der Waals surface area contributed by atoms with Gasteiger partial charge in [-0.2, -0.15) is 0 Å². The van der Waals surface area contributed by atoms with Crippen LogP contribution in [0.2, 0.25) is 0 Å². The van der Waals surface area contributed by atoms with Crippen molar-refractivity contribution >= 4 is 5.91 Å². The van der Waals surface area contributed by atoms with Gasteiger partial charge in [-0.15, -0.1) is 0 Å². The molecule has 146 valence electrons. The van der Waals surface area contributed by atoms with E-state index in [2.05, 4.69) is 10.3 Å². The number of rotatable bonds is 8. The monoisotopic (exact) mass is 380 g/mol. The Balaban J connectivity index is 1.71. The van der Waals surface area contributed by atoms with Gasteiger partial charge < -0.3 is 19.2 Å². The molecule has 1 unspecified atom stereocenters. The van der Waals surface area contributed by atoms with Gasteiger partial charge in [-0.25, -0.2) is 0 Å². The molecule has 0 bridgehead atoms. The number of ether oxygens (including phenoxy) is 2. The fourth-order valence-corrected chi connectivity index (χ4v) is 2.72. The van der Waals surface area contributed by atoms with Gasteiger partial charge in [-0.05, 0) is 57.2 Å². The van der Waals surface area contributed by atoms with Gasteiger partial charge in [-0.3, -0.25) is 9.78 Å². The van der Waals surface area contributed by atoms with Crippen molar-refractivity contribution in [1.82, 2.24) is 10.3 Å². The SMILES string of the molecule is CCOc1cc(C(=O)NC(C)c2ccc(C)o2)ccc1OCc1cccnc1. The molecule has 0 radical (unpaired) electrons. The first-order chi connectivity index (χ1) is 13.6. The number of carbonyl (C=O) groups is 1. The van der Waals surface area contributed by atoms with E-state index >= 15 is 0 Å². The number of nitrogens with zero attached hydrogens (tertiary/aromatic N) is 1. The van der Waals surface area contributed by atoms with E-state index in [0.29, 0.717) is 36.0 Å². The Kier molecular flexibility index (Phi) is 6.32. The van der Waals surface area contributed by atoms with E-state index in [1.54, 1.807) is 30.6 Å². The van der Waals surface area contributed by atoms with Crippen molar-refractivity contribution in [2.45, 2.75) is 33.4 Å². The number of hydrogen-bond donors (Lipinski definition) is 1. The number of nitrogens with one attached hydrogen (secondary N) is 1. The minimum absolute atomic E-state index is 0.207. The van der Waals surface area contributed by atoms with Crippen LogP contribution in [0.15, 0.2) is 59.3 Å². The predicted octanol–water partition coefficient (Wildman–Crippen LogP) is 4.45. The molecular formula is C22H24N2O4. The lowest BCUT2D eigenvalue weighted by molar-refractivity contribution is 0.0934. The van der Waals surface area contributed by atoms with Crippen LogP contribution in [0.4, 0.5) is 0 Å². The second-order valence-electron chi connectivity index (χ2n) is 6.39. The van der Waals surface area contributed by atoms with Crippen LogP contribution in [0.25, 0.3) is 0 Å². The summed E-state index contributed by atoms with van der Waals surface area (Å²) in [7, 11) is 0. The van der Waals surface area contributed by atoms with Crippen molar-refractivity contribution in [2.24, 2.45) is 0 Å². The Labute approximate surface area is 164 Å². The van der Waals surface area contributed by atoms with Gasteiger partial charge in [-0.1, -0.05) is 6.07 Å². The first-order valence-corrected chi connectivity index (χ1v) is 9.22. The normalized spacial score (nSPS) is 11.7. The van der Waals surface area contributed by atoms with E-state index in [1.165, 1.54) is 0 Å². The zero-order valence-electron chi connectivity index (χ0n) is 16.3. The maximum atomic E-state index is 12.6. The Morgan fingerprint density at radius 2 is 2.04 bits per heavy atom. The van der Waals surface area contributed by atoms with Crippen LogP contribution in [-0.2, 0) is 6.61 Å². The summed E-state index contributed by atoms with van der Waals surface area (Å²) in [6, 6.07) is 12.5. The number of pyridine rings is 1. The first kappa shape index (κ1) is 19.5. The second kappa shape index (κ2) is 9.08. The highest BCUT2D eigenvalue weighted by Gasteiger charge is 2.16. The second-order valence-corrected chi connectivity index (χ2v) is 6.39. The summed E-state index contributed by atoms with van der Waals surface area (Å²) >= 11 is 0. The Morgan fingerprint density at radius 1 is 1.18 bits per heavy atom. The molecule has 0 spiro atoms. The third-order valence-electron chi connectivity index (χ3n) is 4.16. The molecule has 0 fully saturated rings. The molecule has 1 N–H and O–H groups in total. The maximum absolute atomic E-state index is 12.6. The van der Waals surface area contributed by atoms with E-state index in [9.17, 15) is 4.79 Å². The Bertz CT molecular complexity index is 921. The molecule has 6 heteroatoms. The van der Waals surface area contributed by atoms with Crippen LogP contribution < -0.4 is 14.8 Å². The molecule has 0 aliphatic heterocycles. The number of aryl methyl sites for hydroxylation is 1. The molecule has 2 heterocycles. The van der Waals surface area contributed by atoms with E-state index in [1.807, 2.05) is 45.0 Å². The van der Waals surface area contributed by atoms with Crippen molar-refractivity contribution in [2.75, 3.05) is 6.61 Å².